The summed E-state index contributed by atoms with van der Waals surface area (Å²) in [6, 6.07) is 3.49. The number of hydrogen-bond acceptors (Lipinski definition) is 3. The number of nitrogens with zero attached hydrogens (tertiary/aromatic N) is 2. The third-order valence-corrected chi connectivity index (χ3v) is 5.27. The number of carbonyl (C=O) groups is 1. The van der Waals surface area contributed by atoms with E-state index in [1.54, 1.807) is 12.1 Å². The van der Waals surface area contributed by atoms with Gasteiger partial charge < -0.3 is 0 Å². The summed E-state index contributed by atoms with van der Waals surface area (Å²) in [5, 5.41) is 18.0. The molecule has 0 radical (unpaired) electrons. The maximum atomic E-state index is 12.4. The highest BCUT2D eigenvalue weighted by Crippen LogP contribution is 2.51. The molecule has 0 N–H and O–H groups in total. The fraction of sp³-hybridized carbons (Fsp3) is 0. The molecule has 0 aromatic heterocycles. The highest BCUT2D eigenvalue weighted by atomic mass is 127. The second-order valence-corrected chi connectivity index (χ2v) is 5.97. The zero-order valence-corrected chi connectivity index (χ0v) is 15.0. The predicted octanol–water partition coefficient (Wildman–Crippen LogP) is 5.62. The van der Waals surface area contributed by atoms with Gasteiger partial charge >= 0.3 is 0 Å². The molecule has 0 atom stereocenters. The summed E-state index contributed by atoms with van der Waals surface area (Å²) in [6.45, 7) is 0. The van der Waals surface area contributed by atoms with Gasteiger partial charge in [0.25, 0.3) is 0 Å². The lowest BCUT2D eigenvalue weighted by atomic mass is 10.0. The largest absolute Gasteiger partial charge is 0.288 e. The van der Waals surface area contributed by atoms with Crippen molar-refractivity contribution in [3.8, 4) is 12.1 Å². The van der Waals surface area contributed by atoms with Gasteiger partial charge in [0, 0.05) is 16.7 Å². The fourth-order valence-electron chi connectivity index (χ4n) is 1.96. The molecule has 0 saturated heterocycles. The Balaban J connectivity index is 3.10. The van der Waals surface area contributed by atoms with Crippen LogP contribution in [0.4, 0.5) is 0 Å². The Morgan fingerprint density at radius 3 is 1.86 bits per heavy atom. The second kappa shape index (κ2) is 6.16. The number of carbonyl (C=O) groups excluding carboxylic acids is 1. The SMILES string of the molecule is N#CC(C#N)=C1/C(=C\I)C(=O)c2c(Cl)c(Cl)c(Cl)c(Cl)c21. The van der Waals surface area contributed by atoms with Crippen LogP contribution in [0.15, 0.2) is 15.2 Å². The van der Waals surface area contributed by atoms with Crippen molar-refractivity contribution in [2.24, 2.45) is 0 Å². The van der Waals surface area contributed by atoms with Gasteiger partial charge in [0.1, 0.15) is 17.7 Å². The van der Waals surface area contributed by atoms with E-state index in [1.807, 2.05) is 22.6 Å². The van der Waals surface area contributed by atoms with Crippen molar-refractivity contribution in [2.45, 2.75) is 0 Å². The Bertz CT molecular complexity index is 827. The maximum absolute atomic E-state index is 12.4. The van der Waals surface area contributed by atoms with Crippen LogP contribution in [-0.4, -0.2) is 5.78 Å². The van der Waals surface area contributed by atoms with Crippen LogP contribution in [0.1, 0.15) is 15.9 Å². The molecule has 0 aliphatic heterocycles. The standard InChI is InChI=1S/C13HCl4IN2O/c14-9-7-6(4(2-19)3-20)5(1-18)13(21)8(7)10(15)12(17)11(9)16/h1H/b5-1+. The van der Waals surface area contributed by atoms with E-state index in [4.69, 9.17) is 56.9 Å². The molecule has 1 aromatic rings. The predicted molar refractivity (Wildman–Crippen MR) is 91.1 cm³/mol. The lowest BCUT2D eigenvalue weighted by Gasteiger charge is -2.09. The van der Waals surface area contributed by atoms with Gasteiger partial charge in [-0.3, -0.25) is 4.79 Å². The van der Waals surface area contributed by atoms with Crippen molar-refractivity contribution in [3.63, 3.8) is 0 Å². The Hall–Kier alpha value is -0.760. The van der Waals surface area contributed by atoms with Gasteiger partial charge in [0.05, 0.1) is 25.7 Å². The Kier molecular flexibility index (Phi) is 4.87. The molecule has 3 nitrogen and oxygen atoms in total. The lowest BCUT2D eigenvalue weighted by molar-refractivity contribution is 0.104. The monoisotopic (exact) mass is 468 g/mol. The third kappa shape index (κ3) is 2.36. The highest BCUT2D eigenvalue weighted by molar-refractivity contribution is 14.1. The van der Waals surface area contributed by atoms with Crippen molar-refractivity contribution in [2.75, 3.05) is 0 Å². The number of hydrogen-bond donors (Lipinski definition) is 0. The molecule has 0 amide bonds. The number of benzene rings is 1. The number of halogens is 5. The van der Waals surface area contributed by atoms with E-state index >= 15 is 0 Å². The zero-order valence-electron chi connectivity index (χ0n) is 9.77. The van der Waals surface area contributed by atoms with E-state index in [1.165, 1.54) is 4.08 Å². The summed E-state index contributed by atoms with van der Waals surface area (Å²) in [6.07, 6.45) is 0. The van der Waals surface area contributed by atoms with Crippen LogP contribution in [0.2, 0.25) is 20.1 Å². The minimum absolute atomic E-state index is 0.0133. The number of Topliss-reactive ketones (excluding diaryl/α,β-unsaturated/α-hetero) is 1. The zero-order chi connectivity index (χ0) is 15.9. The van der Waals surface area contributed by atoms with Crippen LogP contribution in [-0.2, 0) is 0 Å². The minimum atomic E-state index is -0.456. The fourth-order valence-corrected chi connectivity index (χ4v) is 3.59. The molecule has 0 saturated carbocycles. The summed E-state index contributed by atoms with van der Waals surface area (Å²) >= 11 is 26.0. The first-order valence-corrected chi connectivity index (χ1v) is 7.92. The lowest BCUT2D eigenvalue weighted by Crippen LogP contribution is -1.96. The molecular formula is C13HCl4IN2O. The second-order valence-electron chi connectivity index (χ2n) is 3.83. The summed E-state index contributed by atoms with van der Waals surface area (Å²) in [5.41, 5.74) is 0.256. The molecule has 0 spiro atoms. The number of fused-ring (bicyclic) bond motifs is 1. The van der Waals surface area contributed by atoms with Crippen LogP contribution >= 0.6 is 69.0 Å². The van der Waals surface area contributed by atoms with Gasteiger partial charge in [-0.15, -0.1) is 0 Å². The van der Waals surface area contributed by atoms with Crippen molar-refractivity contribution in [3.05, 3.63) is 46.4 Å². The summed E-state index contributed by atoms with van der Waals surface area (Å²) < 4.78 is 1.46. The first-order chi connectivity index (χ1) is 9.90. The third-order valence-electron chi connectivity index (χ3n) is 2.84. The Morgan fingerprint density at radius 1 is 0.952 bits per heavy atom. The number of nitriles is 2. The molecular weight excluding hydrogens is 469 g/mol. The average molecular weight is 470 g/mol. The molecule has 0 unspecified atom stereocenters. The van der Waals surface area contributed by atoms with Gasteiger partial charge in [-0.2, -0.15) is 10.5 Å². The van der Waals surface area contributed by atoms with Crippen molar-refractivity contribution in [1.29, 1.82) is 10.5 Å². The number of ketones is 1. The summed E-state index contributed by atoms with van der Waals surface area (Å²) in [4.78, 5) is 12.4. The number of rotatable bonds is 0. The van der Waals surface area contributed by atoms with Crippen molar-refractivity contribution in [1.82, 2.24) is 0 Å². The van der Waals surface area contributed by atoms with E-state index in [0.29, 0.717) is 0 Å². The molecule has 8 heteroatoms. The minimum Gasteiger partial charge on any atom is -0.288 e. The van der Waals surface area contributed by atoms with Gasteiger partial charge in [-0.05, 0) is 4.08 Å². The van der Waals surface area contributed by atoms with Crippen LogP contribution in [0.25, 0.3) is 5.57 Å². The molecule has 21 heavy (non-hydrogen) atoms. The quantitative estimate of drug-likeness (QED) is 0.163. The van der Waals surface area contributed by atoms with Crippen LogP contribution in [0, 0.1) is 22.7 Å². The highest BCUT2D eigenvalue weighted by Gasteiger charge is 2.38. The smallest absolute Gasteiger partial charge is 0.196 e. The topological polar surface area (TPSA) is 64.7 Å². The normalized spacial score (nSPS) is 14.9. The molecule has 0 bridgehead atoms. The Morgan fingerprint density at radius 2 is 1.43 bits per heavy atom. The van der Waals surface area contributed by atoms with E-state index < -0.39 is 5.78 Å². The molecule has 2 rings (SSSR count). The van der Waals surface area contributed by atoms with Gasteiger partial charge in [-0.1, -0.05) is 69.0 Å². The summed E-state index contributed by atoms with van der Waals surface area (Å²) in [7, 11) is 0. The molecule has 0 heterocycles. The van der Waals surface area contributed by atoms with E-state index in [9.17, 15) is 4.79 Å². The molecule has 104 valence electrons. The van der Waals surface area contributed by atoms with E-state index in [0.717, 1.165) is 0 Å². The number of allylic oxidation sites excluding steroid dienone is 3. The molecule has 1 aromatic carbocycles. The first kappa shape index (κ1) is 16.6. The van der Waals surface area contributed by atoms with Crippen LogP contribution < -0.4 is 0 Å². The van der Waals surface area contributed by atoms with Crippen LogP contribution in [0.5, 0.6) is 0 Å². The van der Waals surface area contributed by atoms with Gasteiger partial charge in [-0.25, -0.2) is 0 Å². The van der Waals surface area contributed by atoms with Crippen molar-refractivity contribution >= 4 is 80.4 Å². The van der Waals surface area contributed by atoms with E-state index in [-0.39, 0.29) is 47.9 Å². The Labute approximate surface area is 153 Å². The molecule has 0 fully saturated rings. The molecule has 1 aliphatic rings. The van der Waals surface area contributed by atoms with Crippen molar-refractivity contribution < 1.29 is 4.79 Å². The summed E-state index contributed by atoms with van der Waals surface area (Å²) in [5.74, 6) is -0.456. The maximum Gasteiger partial charge on any atom is 0.196 e. The van der Waals surface area contributed by atoms with E-state index in [2.05, 4.69) is 0 Å². The average Bonchev–Trinajstić information content (AvgIpc) is 2.77. The molecule has 1 aliphatic carbocycles. The van der Waals surface area contributed by atoms with Crippen LogP contribution in [0.3, 0.4) is 0 Å². The first-order valence-electron chi connectivity index (χ1n) is 5.16. The van der Waals surface area contributed by atoms with Gasteiger partial charge in [0.2, 0.25) is 0 Å². The van der Waals surface area contributed by atoms with Gasteiger partial charge in [0.15, 0.2) is 5.78 Å².